The second-order valence-corrected chi connectivity index (χ2v) is 5.23. The molecule has 4 nitrogen and oxygen atoms in total. The van der Waals surface area contributed by atoms with Gasteiger partial charge in [-0.2, -0.15) is 0 Å². The van der Waals surface area contributed by atoms with Gasteiger partial charge in [0.05, 0.1) is 6.54 Å². The first kappa shape index (κ1) is 12.8. The number of aryl methyl sites for hydroxylation is 2. The van der Waals surface area contributed by atoms with Crippen LogP contribution in [0.5, 0.6) is 0 Å². The number of anilines is 2. The molecule has 0 unspecified atom stereocenters. The first-order valence-electron chi connectivity index (χ1n) is 6.09. The van der Waals surface area contributed by atoms with Gasteiger partial charge in [0.25, 0.3) is 0 Å². The molecule has 0 aliphatic heterocycles. The number of nitrogens with one attached hydrogen (secondary N) is 1. The Labute approximate surface area is 111 Å². The summed E-state index contributed by atoms with van der Waals surface area (Å²) in [6.07, 6.45) is 1.88. The first-order chi connectivity index (χ1) is 8.69. The summed E-state index contributed by atoms with van der Waals surface area (Å²) in [6, 6.07) is 3.90. The molecule has 96 valence electrons. The summed E-state index contributed by atoms with van der Waals surface area (Å²) in [5, 5.41) is 5.41. The van der Waals surface area contributed by atoms with Crippen LogP contribution < -0.4 is 11.1 Å². The minimum atomic E-state index is 0.527. The molecular weight excluding hydrogens is 244 g/mol. The van der Waals surface area contributed by atoms with Crippen LogP contribution in [0.2, 0.25) is 0 Å². The summed E-state index contributed by atoms with van der Waals surface area (Å²) in [5.41, 5.74) is 7.09. The molecule has 0 bridgehead atoms. The largest absolute Gasteiger partial charge is 0.384 e. The van der Waals surface area contributed by atoms with Gasteiger partial charge in [0.1, 0.15) is 17.5 Å². The van der Waals surface area contributed by atoms with E-state index in [1.165, 1.54) is 10.4 Å². The standard InChI is InChI=1S/C13H18N4S/c1-3-4-12-16-11(14)7-13(17-12)15-8-10-9(2)5-6-18-10/h5-7H,3-4,8H2,1-2H3,(H3,14,15,16,17). The van der Waals surface area contributed by atoms with E-state index in [-0.39, 0.29) is 0 Å². The van der Waals surface area contributed by atoms with Crippen molar-refractivity contribution in [2.24, 2.45) is 0 Å². The maximum Gasteiger partial charge on any atom is 0.133 e. The molecule has 0 aliphatic carbocycles. The van der Waals surface area contributed by atoms with Crippen molar-refractivity contribution in [1.82, 2.24) is 9.97 Å². The Morgan fingerprint density at radius 3 is 2.89 bits per heavy atom. The number of nitrogen functional groups attached to an aromatic ring is 1. The lowest BCUT2D eigenvalue weighted by Crippen LogP contribution is -2.06. The number of thiophene rings is 1. The van der Waals surface area contributed by atoms with Crippen LogP contribution in [0.15, 0.2) is 17.5 Å². The molecule has 2 aromatic heterocycles. The Balaban J connectivity index is 2.07. The van der Waals surface area contributed by atoms with Gasteiger partial charge in [-0.3, -0.25) is 0 Å². The summed E-state index contributed by atoms with van der Waals surface area (Å²) in [4.78, 5) is 9.99. The Hall–Kier alpha value is -1.62. The van der Waals surface area contributed by atoms with Crippen molar-refractivity contribution in [3.8, 4) is 0 Å². The highest BCUT2D eigenvalue weighted by Crippen LogP contribution is 2.17. The molecule has 5 heteroatoms. The second-order valence-electron chi connectivity index (χ2n) is 4.22. The lowest BCUT2D eigenvalue weighted by molar-refractivity contribution is 0.837. The average molecular weight is 262 g/mol. The van der Waals surface area contributed by atoms with Crippen molar-refractivity contribution < 1.29 is 0 Å². The number of nitrogens with two attached hydrogens (primary N) is 1. The van der Waals surface area contributed by atoms with E-state index in [9.17, 15) is 0 Å². The highest BCUT2D eigenvalue weighted by Gasteiger charge is 2.04. The number of hydrogen-bond donors (Lipinski definition) is 2. The average Bonchev–Trinajstić information content (AvgIpc) is 2.72. The smallest absolute Gasteiger partial charge is 0.133 e. The maximum absolute atomic E-state index is 5.78. The molecule has 0 atom stereocenters. The fourth-order valence-corrected chi connectivity index (χ4v) is 2.55. The van der Waals surface area contributed by atoms with E-state index in [1.54, 1.807) is 17.4 Å². The zero-order chi connectivity index (χ0) is 13.0. The first-order valence-corrected chi connectivity index (χ1v) is 6.97. The molecule has 0 radical (unpaired) electrons. The van der Waals surface area contributed by atoms with Gasteiger partial charge in [-0.25, -0.2) is 9.97 Å². The number of rotatable bonds is 5. The lowest BCUT2D eigenvalue weighted by atomic mass is 10.3. The van der Waals surface area contributed by atoms with Gasteiger partial charge in [-0.05, 0) is 30.4 Å². The lowest BCUT2D eigenvalue weighted by Gasteiger charge is -2.07. The van der Waals surface area contributed by atoms with Gasteiger partial charge in [0.15, 0.2) is 0 Å². The molecule has 2 rings (SSSR count). The quantitative estimate of drug-likeness (QED) is 0.869. The summed E-state index contributed by atoms with van der Waals surface area (Å²) in [6.45, 7) is 5.00. The van der Waals surface area contributed by atoms with Gasteiger partial charge >= 0.3 is 0 Å². The molecule has 0 amide bonds. The van der Waals surface area contributed by atoms with Crippen LogP contribution in [0.25, 0.3) is 0 Å². The molecule has 0 aliphatic rings. The van der Waals surface area contributed by atoms with Gasteiger partial charge in [-0.15, -0.1) is 11.3 Å². The Kier molecular flexibility index (Phi) is 4.15. The van der Waals surface area contributed by atoms with E-state index in [1.807, 2.05) is 0 Å². The van der Waals surface area contributed by atoms with Crippen LogP contribution in [-0.4, -0.2) is 9.97 Å². The van der Waals surface area contributed by atoms with Crippen molar-refractivity contribution in [1.29, 1.82) is 0 Å². The molecule has 0 saturated heterocycles. The van der Waals surface area contributed by atoms with Crippen LogP contribution in [0.4, 0.5) is 11.6 Å². The SMILES string of the molecule is CCCc1nc(N)cc(NCc2sccc2C)n1. The Morgan fingerprint density at radius 1 is 1.39 bits per heavy atom. The fraction of sp³-hybridized carbons (Fsp3) is 0.385. The third-order valence-corrected chi connectivity index (χ3v) is 3.69. The van der Waals surface area contributed by atoms with Crippen LogP contribution >= 0.6 is 11.3 Å². The number of aromatic nitrogens is 2. The van der Waals surface area contributed by atoms with Gasteiger partial charge in [0.2, 0.25) is 0 Å². The highest BCUT2D eigenvalue weighted by molar-refractivity contribution is 7.10. The van der Waals surface area contributed by atoms with Crippen molar-refractivity contribution in [3.63, 3.8) is 0 Å². The summed E-state index contributed by atoms with van der Waals surface area (Å²) in [7, 11) is 0. The summed E-state index contributed by atoms with van der Waals surface area (Å²) in [5.74, 6) is 2.14. The van der Waals surface area contributed by atoms with E-state index in [0.717, 1.165) is 31.0 Å². The van der Waals surface area contributed by atoms with Crippen molar-refractivity contribution >= 4 is 23.0 Å². The monoisotopic (exact) mass is 262 g/mol. The van der Waals surface area contributed by atoms with Crippen molar-refractivity contribution in [2.75, 3.05) is 11.1 Å². The molecule has 3 N–H and O–H groups in total. The number of hydrogen-bond acceptors (Lipinski definition) is 5. The highest BCUT2D eigenvalue weighted by atomic mass is 32.1. The number of nitrogens with zero attached hydrogens (tertiary/aromatic N) is 2. The molecule has 0 saturated carbocycles. The van der Waals surface area contributed by atoms with E-state index in [0.29, 0.717) is 5.82 Å². The molecule has 18 heavy (non-hydrogen) atoms. The fourth-order valence-electron chi connectivity index (χ4n) is 1.70. The van der Waals surface area contributed by atoms with Gasteiger partial charge in [0, 0.05) is 17.4 Å². The molecule has 0 spiro atoms. The second kappa shape index (κ2) is 5.82. The van der Waals surface area contributed by atoms with Crippen LogP contribution in [0.3, 0.4) is 0 Å². The normalized spacial score (nSPS) is 10.6. The zero-order valence-corrected chi connectivity index (χ0v) is 11.5. The molecular formula is C13H18N4S. The van der Waals surface area contributed by atoms with Crippen LogP contribution in [0, 0.1) is 6.92 Å². The van der Waals surface area contributed by atoms with E-state index in [2.05, 4.69) is 40.6 Å². The van der Waals surface area contributed by atoms with Gasteiger partial charge < -0.3 is 11.1 Å². The third-order valence-electron chi connectivity index (χ3n) is 2.66. The molecule has 2 aromatic rings. The van der Waals surface area contributed by atoms with Crippen LogP contribution in [0.1, 0.15) is 29.6 Å². The summed E-state index contributed by atoms with van der Waals surface area (Å²) >= 11 is 1.75. The van der Waals surface area contributed by atoms with E-state index >= 15 is 0 Å². The predicted molar refractivity (Wildman–Crippen MR) is 76.8 cm³/mol. The minimum Gasteiger partial charge on any atom is -0.384 e. The van der Waals surface area contributed by atoms with Gasteiger partial charge in [-0.1, -0.05) is 6.92 Å². The van der Waals surface area contributed by atoms with Crippen molar-refractivity contribution in [2.45, 2.75) is 33.2 Å². The van der Waals surface area contributed by atoms with Crippen LogP contribution in [-0.2, 0) is 13.0 Å². The predicted octanol–water partition coefficient (Wildman–Crippen LogP) is 2.99. The minimum absolute atomic E-state index is 0.527. The summed E-state index contributed by atoms with van der Waals surface area (Å²) < 4.78 is 0. The Morgan fingerprint density at radius 2 is 2.22 bits per heavy atom. The van der Waals surface area contributed by atoms with Crippen molar-refractivity contribution in [3.05, 3.63) is 33.8 Å². The van der Waals surface area contributed by atoms with E-state index in [4.69, 9.17) is 5.73 Å². The Bertz CT molecular complexity index is 521. The topological polar surface area (TPSA) is 63.8 Å². The molecule has 0 aromatic carbocycles. The maximum atomic E-state index is 5.78. The zero-order valence-electron chi connectivity index (χ0n) is 10.7. The molecule has 0 fully saturated rings. The van der Waals surface area contributed by atoms with E-state index < -0.39 is 0 Å². The third kappa shape index (κ3) is 3.20. The molecule has 2 heterocycles.